The zero-order valence-electron chi connectivity index (χ0n) is 13.7. The molecule has 1 aromatic carbocycles. The number of likely N-dealkylation sites (tertiary alicyclic amines) is 1. The highest BCUT2D eigenvalue weighted by Gasteiger charge is 2.18. The van der Waals surface area contributed by atoms with Crippen LogP contribution in [0.4, 0.5) is 11.4 Å². The first kappa shape index (κ1) is 17.8. The third-order valence-electron chi connectivity index (χ3n) is 3.72. The molecule has 2 heterocycles. The highest BCUT2D eigenvalue weighted by Crippen LogP contribution is 2.22. The first-order valence-corrected chi connectivity index (χ1v) is 9.50. The standard InChI is InChI=1S/C18H19ClN4OS/c19-17-15(9-6-10-20-17)22-16(24)13-25-18(23-11-4-5-12-23)21-14-7-2-1-3-8-14/h1-3,6-10H,4-5,11-13H2,(H,22,24). The van der Waals surface area contributed by atoms with Crippen molar-refractivity contribution in [1.29, 1.82) is 0 Å². The van der Waals surface area contributed by atoms with Gasteiger partial charge in [0.1, 0.15) is 0 Å². The van der Waals surface area contributed by atoms with E-state index in [1.165, 1.54) is 11.8 Å². The van der Waals surface area contributed by atoms with Crippen molar-refractivity contribution >= 4 is 45.8 Å². The molecule has 7 heteroatoms. The number of anilines is 1. The van der Waals surface area contributed by atoms with Gasteiger partial charge in [-0.2, -0.15) is 0 Å². The van der Waals surface area contributed by atoms with Gasteiger partial charge in [0.2, 0.25) is 5.91 Å². The van der Waals surface area contributed by atoms with Crippen molar-refractivity contribution in [3.05, 3.63) is 53.8 Å². The highest BCUT2D eigenvalue weighted by atomic mass is 35.5. The monoisotopic (exact) mass is 374 g/mol. The van der Waals surface area contributed by atoms with Crippen LogP contribution < -0.4 is 5.32 Å². The van der Waals surface area contributed by atoms with Gasteiger partial charge >= 0.3 is 0 Å². The van der Waals surface area contributed by atoms with E-state index >= 15 is 0 Å². The molecular weight excluding hydrogens is 356 g/mol. The molecule has 5 nitrogen and oxygen atoms in total. The lowest BCUT2D eigenvalue weighted by Gasteiger charge is -2.19. The van der Waals surface area contributed by atoms with Crippen LogP contribution in [0, 0.1) is 0 Å². The Hall–Kier alpha value is -2.05. The molecule has 0 aliphatic carbocycles. The molecule has 1 saturated heterocycles. The molecule has 1 aromatic heterocycles. The summed E-state index contributed by atoms with van der Waals surface area (Å²) in [6.07, 6.45) is 3.91. The van der Waals surface area contributed by atoms with E-state index in [9.17, 15) is 4.79 Å². The van der Waals surface area contributed by atoms with Gasteiger partial charge in [-0.3, -0.25) is 4.79 Å². The van der Waals surface area contributed by atoms with Crippen LogP contribution in [-0.2, 0) is 4.79 Å². The Morgan fingerprint density at radius 3 is 2.68 bits per heavy atom. The summed E-state index contributed by atoms with van der Waals surface area (Å²) in [5.74, 6) is 0.146. The summed E-state index contributed by atoms with van der Waals surface area (Å²) in [5, 5.41) is 3.97. The molecule has 0 saturated carbocycles. The molecule has 0 unspecified atom stereocenters. The molecule has 3 rings (SSSR count). The van der Waals surface area contributed by atoms with E-state index in [1.807, 2.05) is 30.3 Å². The molecule has 25 heavy (non-hydrogen) atoms. The first-order chi connectivity index (χ1) is 12.2. The average molecular weight is 375 g/mol. The van der Waals surface area contributed by atoms with Gasteiger partial charge in [-0.05, 0) is 37.1 Å². The summed E-state index contributed by atoms with van der Waals surface area (Å²) in [7, 11) is 0. The van der Waals surface area contributed by atoms with E-state index in [-0.39, 0.29) is 11.7 Å². The van der Waals surface area contributed by atoms with Gasteiger partial charge < -0.3 is 10.2 Å². The Labute approximate surface area is 156 Å². The number of rotatable bonds is 4. The van der Waals surface area contributed by atoms with Crippen molar-refractivity contribution in [2.45, 2.75) is 12.8 Å². The Morgan fingerprint density at radius 1 is 1.20 bits per heavy atom. The second-order valence-corrected chi connectivity index (χ2v) is 6.90. The van der Waals surface area contributed by atoms with Gasteiger partial charge in [0.05, 0.1) is 17.1 Å². The summed E-state index contributed by atoms with van der Waals surface area (Å²) in [5.41, 5.74) is 1.42. The maximum absolute atomic E-state index is 12.2. The summed E-state index contributed by atoms with van der Waals surface area (Å²) in [6, 6.07) is 13.3. The molecule has 1 N–H and O–H groups in total. The van der Waals surface area contributed by atoms with Crippen LogP contribution in [0.25, 0.3) is 0 Å². The second-order valence-electron chi connectivity index (χ2n) is 5.60. The minimum Gasteiger partial charge on any atom is -0.351 e. The SMILES string of the molecule is O=C(CSC(=Nc1ccccc1)N1CCCC1)Nc1cccnc1Cl. The smallest absolute Gasteiger partial charge is 0.234 e. The quantitative estimate of drug-likeness (QED) is 0.495. The van der Waals surface area contributed by atoms with E-state index in [4.69, 9.17) is 16.6 Å². The fourth-order valence-electron chi connectivity index (χ4n) is 2.51. The number of para-hydroxylation sites is 1. The van der Waals surface area contributed by atoms with E-state index in [1.54, 1.807) is 18.3 Å². The number of nitrogens with one attached hydrogen (secondary N) is 1. The number of thioether (sulfide) groups is 1. The Morgan fingerprint density at radius 2 is 1.96 bits per heavy atom. The third kappa shape index (κ3) is 5.21. The van der Waals surface area contributed by atoms with Crippen LogP contribution in [-0.4, -0.2) is 39.8 Å². The molecular formula is C18H19ClN4OS. The topological polar surface area (TPSA) is 57.6 Å². The first-order valence-electron chi connectivity index (χ1n) is 8.14. The highest BCUT2D eigenvalue weighted by molar-refractivity contribution is 8.14. The number of nitrogens with zero attached hydrogens (tertiary/aromatic N) is 3. The molecule has 0 radical (unpaired) electrons. The summed E-state index contributed by atoms with van der Waals surface area (Å²) in [4.78, 5) is 23.2. The Kier molecular flexibility index (Phi) is 6.30. The van der Waals surface area contributed by atoms with E-state index in [0.717, 1.165) is 36.8 Å². The molecule has 0 spiro atoms. The predicted octanol–water partition coefficient (Wildman–Crippen LogP) is 4.19. The van der Waals surface area contributed by atoms with Crippen molar-refractivity contribution < 1.29 is 4.79 Å². The normalized spacial score (nSPS) is 14.6. The fraction of sp³-hybridized carbons (Fsp3) is 0.278. The molecule has 1 fully saturated rings. The van der Waals surface area contributed by atoms with Crippen molar-refractivity contribution in [2.75, 3.05) is 24.2 Å². The van der Waals surface area contributed by atoms with Crippen LogP contribution in [0.15, 0.2) is 53.7 Å². The van der Waals surface area contributed by atoms with Gasteiger partial charge in [-0.1, -0.05) is 41.6 Å². The number of amides is 1. The van der Waals surface area contributed by atoms with Gasteiger partial charge in [0.15, 0.2) is 10.3 Å². The maximum Gasteiger partial charge on any atom is 0.234 e. The predicted molar refractivity (Wildman–Crippen MR) is 105 cm³/mol. The molecule has 2 aromatic rings. The van der Waals surface area contributed by atoms with Gasteiger partial charge in [-0.25, -0.2) is 9.98 Å². The number of carbonyl (C=O) groups is 1. The maximum atomic E-state index is 12.2. The molecule has 130 valence electrons. The van der Waals surface area contributed by atoms with Crippen molar-refractivity contribution in [3.8, 4) is 0 Å². The van der Waals surface area contributed by atoms with Crippen molar-refractivity contribution in [2.24, 2.45) is 4.99 Å². The third-order valence-corrected chi connectivity index (χ3v) is 5.04. The molecule has 1 aliphatic rings. The molecule has 0 bridgehead atoms. The van der Waals surface area contributed by atoms with Crippen LogP contribution in [0.2, 0.25) is 5.15 Å². The zero-order valence-corrected chi connectivity index (χ0v) is 15.3. The van der Waals surface area contributed by atoms with E-state index in [2.05, 4.69) is 15.2 Å². The summed E-state index contributed by atoms with van der Waals surface area (Å²) < 4.78 is 0. The lowest BCUT2D eigenvalue weighted by Crippen LogP contribution is -2.27. The second kappa shape index (κ2) is 8.87. The van der Waals surface area contributed by atoms with Crippen LogP contribution in [0.1, 0.15) is 12.8 Å². The van der Waals surface area contributed by atoms with E-state index < -0.39 is 0 Å². The van der Waals surface area contributed by atoms with Crippen molar-refractivity contribution in [1.82, 2.24) is 9.88 Å². The minimum absolute atomic E-state index is 0.125. The Balaban J connectivity index is 1.65. The average Bonchev–Trinajstić information content (AvgIpc) is 3.16. The molecule has 1 aliphatic heterocycles. The van der Waals surface area contributed by atoms with Crippen LogP contribution in [0.3, 0.4) is 0 Å². The zero-order chi connectivity index (χ0) is 17.5. The van der Waals surface area contributed by atoms with Gasteiger partial charge in [0.25, 0.3) is 0 Å². The largest absolute Gasteiger partial charge is 0.351 e. The van der Waals surface area contributed by atoms with Gasteiger partial charge in [-0.15, -0.1) is 0 Å². The van der Waals surface area contributed by atoms with Gasteiger partial charge in [0, 0.05) is 19.3 Å². The number of hydrogen-bond donors (Lipinski definition) is 1. The number of hydrogen-bond acceptors (Lipinski definition) is 4. The number of aromatic nitrogens is 1. The minimum atomic E-state index is -0.125. The number of amidine groups is 1. The summed E-state index contributed by atoms with van der Waals surface area (Å²) in [6.45, 7) is 1.96. The van der Waals surface area contributed by atoms with Crippen molar-refractivity contribution in [3.63, 3.8) is 0 Å². The number of carbonyl (C=O) groups excluding carboxylic acids is 1. The lowest BCUT2D eigenvalue weighted by atomic mass is 10.3. The molecule has 1 amide bonds. The number of benzene rings is 1. The van der Waals surface area contributed by atoms with E-state index in [0.29, 0.717) is 10.8 Å². The number of aliphatic imine (C=N–C) groups is 1. The lowest BCUT2D eigenvalue weighted by molar-refractivity contribution is -0.113. The molecule has 0 atom stereocenters. The Bertz CT molecular complexity index is 748. The summed E-state index contributed by atoms with van der Waals surface area (Å²) >= 11 is 7.42. The van der Waals surface area contributed by atoms with Crippen LogP contribution in [0.5, 0.6) is 0 Å². The number of halogens is 1. The van der Waals surface area contributed by atoms with Crippen LogP contribution >= 0.6 is 23.4 Å². The number of pyridine rings is 1. The fourth-order valence-corrected chi connectivity index (χ4v) is 3.55.